The molecule has 2 N–H and O–H groups in total. The molecule has 2 atom stereocenters. The molecule has 0 saturated heterocycles. The molecule has 1 aliphatic carbocycles. The highest BCUT2D eigenvalue weighted by atomic mass is 32.1. The van der Waals surface area contributed by atoms with Gasteiger partial charge in [-0.1, -0.05) is 6.42 Å². The van der Waals surface area contributed by atoms with Gasteiger partial charge in [0.25, 0.3) is 0 Å². The monoisotopic (exact) mass is 318 g/mol. The molecule has 6 nitrogen and oxygen atoms in total. The van der Waals surface area contributed by atoms with Crippen LogP contribution in [-0.2, 0) is 11.3 Å². The Balaban J connectivity index is 1.56. The molecule has 0 aromatic carbocycles. The third kappa shape index (κ3) is 3.66. The third-order valence-electron chi connectivity index (χ3n) is 3.80. The molecule has 0 bridgehead atoms. The zero-order valence-corrected chi connectivity index (χ0v) is 12.9. The highest BCUT2D eigenvalue weighted by Crippen LogP contribution is 2.25. The van der Waals surface area contributed by atoms with E-state index in [0.29, 0.717) is 13.0 Å². The van der Waals surface area contributed by atoms with Gasteiger partial charge in [-0.2, -0.15) is 0 Å². The van der Waals surface area contributed by atoms with Crippen LogP contribution in [0, 0.1) is 5.92 Å². The smallest absolute Gasteiger partial charge is 0.223 e. The maximum absolute atomic E-state index is 12.1. The number of aliphatic hydroxyl groups excluding tert-OH is 1. The lowest BCUT2D eigenvalue weighted by molar-refractivity contribution is -0.127. The molecule has 1 fully saturated rings. The maximum Gasteiger partial charge on any atom is 0.223 e. The molecule has 0 unspecified atom stereocenters. The fourth-order valence-corrected chi connectivity index (χ4v) is 3.42. The number of rotatable bonds is 4. The number of hydrogen-bond donors (Lipinski definition) is 2. The summed E-state index contributed by atoms with van der Waals surface area (Å²) in [5, 5.41) is 15.3. The van der Waals surface area contributed by atoms with E-state index in [2.05, 4.69) is 20.3 Å². The first-order valence-electron chi connectivity index (χ1n) is 7.39. The highest BCUT2D eigenvalue weighted by Gasteiger charge is 2.25. The van der Waals surface area contributed by atoms with Gasteiger partial charge in [0.05, 0.1) is 24.5 Å². The Morgan fingerprint density at radius 1 is 1.41 bits per heavy atom. The van der Waals surface area contributed by atoms with Crippen LogP contribution >= 0.6 is 11.3 Å². The number of carbonyl (C=O) groups excluding carboxylic acids is 1. The van der Waals surface area contributed by atoms with E-state index in [1.54, 1.807) is 18.6 Å². The summed E-state index contributed by atoms with van der Waals surface area (Å²) in [6, 6.07) is 0. The summed E-state index contributed by atoms with van der Waals surface area (Å²) in [5.74, 6) is -0.0744. The molecular weight excluding hydrogens is 300 g/mol. The van der Waals surface area contributed by atoms with Crippen molar-refractivity contribution in [1.82, 2.24) is 20.3 Å². The number of thiazole rings is 1. The lowest BCUT2D eigenvalue weighted by Crippen LogP contribution is -2.34. The summed E-state index contributed by atoms with van der Waals surface area (Å²) in [6.07, 6.45) is 7.71. The Morgan fingerprint density at radius 3 is 3.09 bits per heavy atom. The Labute approximate surface area is 132 Å². The fourth-order valence-electron chi connectivity index (χ4n) is 2.64. The predicted molar refractivity (Wildman–Crippen MR) is 83.0 cm³/mol. The van der Waals surface area contributed by atoms with Gasteiger partial charge in [-0.25, -0.2) is 4.98 Å². The maximum atomic E-state index is 12.1. The van der Waals surface area contributed by atoms with E-state index in [4.69, 9.17) is 0 Å². The summed E-state index contributed by atoms with van der Waals surface area (Å²) in [7, 11) is 0. The van der Waals surface area contributed by atoms with Gasteiger partial charge >= 0.3 is 0 Å². The van der Waals surface area contributed by atoms with Crippen molar-refractivity contribution < 1.29 is 9.90 Å². The minimum atomic E-state index is -0.341. The summed E-state index contributed by atoms with van der Waals surface area (Å²) in [4.78, 5) is 24.8. The van der Waals surface area contributed by atoms with Gasteiger partial charge in [-0.3, -0.25) is 14.8 Å². The van der Waals surface area contributed by atoms with Crippen LogP contribution in [0.2, 0.25) is 0 Å². The van der Waals surface area contributed by atoms with Crippen LogP contribution in [0.5, 0.6) is 0 Å². The van der Waals surface area contributed by atoms with Crippen molar-refractivity contribution in [3.63, 3.8) is 0 Å². The van der Waals surface area contributed by atoms with Crippen LogP contribution in [0.1, 0.15) is 31.4 Å². The molecule has 2 aromatic rings. The SMILES string of the molecule is O=C(NCc1csc(-c2cnccn2)n1)[C@H]1CCC[C@H](O)C1. The lowest BCUT2D eigenvalue weighted by Gasteiger charge is -2.24. The second-order valence-electron chi connectivity index (χ2n) is 5.47. The van der Waals surface area contributed by atoms with Crippen molar-refractivity contribution in [2.45, 2.75) is 38.3 Å². The van der Waals surface area contributed by atoms with Crippen LogP contribution in [0.15, 0.2) is 24.0 Å². The molecule has 22 heavy (non-hydrogen) atoms. The molecule has 3 rings (SSSR count). The fraction of sp³-hybridized carbons (Fsp3) is 0.467. The second kappa shape index (κ2) is 6.93. The molecule has 7 heteroatoms. The zero-order valence-electron chi connectivity index (χ0n) is 12.1. The average molecular weight is 318 g/mol. The summed E-state index contributed by atoms with van der Waals surface area (Å²) >= 11 is 1.49. The van der Waals surface area contributed by atoms with Crippen LogP contribution < -0.4 is 5.32 Å². The minimum absolute atomic E-state index is 0.00722. The molecule has 116 valence electrons. The highest BCUT2D eigenvalue weighted by molar-refractivity contribution is 7.13. The molecular formula is C15H18N4O2S. The van der Waals surface area contributed by atoms with E-state index in [1.807, 2.05) is 5.38 Å². The molecule has 2 heterocycles. The Bertz CT molecular complexity index is 631. The first-order valence-corrected chi connectivity index (χ1v) is 8.27. The number of aliphatic hydroxyl groups is 1. The normalized spacial score (nSPS) is 21.5. The predicted octanol–water partition coefficient (Wildman–Crippen LogP) is 1.77. The Kier molecular flexibility index (Phi) is 4.74. The largest absolute Gasteiger partial charge is 0.393 e. The van der Waals surface area contributed by atoms with Gasteiger partial charge in [0.1, 0.15) is 10.7 Å². The van der Waals surface area contributed by atoms with Gasteiger partial charge in [0.2, 0.25) is 5.91 Å². The van der Waals surface area contributed by atoms with E-state index in [0.717, 1.165) is 35.7 Å². The lowest BCUT2D eigenvalue weighted by atomic mass is 9.87. The Morgan fingerprint density at radius 2 is 2.32 bits per heavy atom. The van der Waals surface area contributed by atoms with E-state index < -0.39 is 0 Å². The van der Waals surface area contributed by atoms with Crippen molar-refractivity contribution in [2.75, 3.05) is 0 Å². The molecule has 0 aliphatic heterocycles. The van der Waals surface area contributed by atoms with Crippen LogP contribution in [0.4, 0.5) is 0 Å². The second-order valence-corrected chi connectivity index (χ2v) is 6.33. The van der Waals surface area contributed by atoms with Crippen LogP contribution in [0.3, 0.4) is 0 Å². The minimum Gasteiger partial charge on any atom is -0.393 e. The Hall–Kier alpha value is -1.86. The van der Waals surface area contributed by atoms with Crippen LogP contribution in [0.25, 0.3) is 10.7 Å². The summed E-state index contributed by atoms with van der Waals surface area (Å²) in [5.41, 5.74) is 1.55. The van der Waals surface area contributed by atoms with Gasteiger partial charge in [0, 0.05) is 23.7 Å². The molecule has 0 radical (unpaired) electrons. The van der Waals surface area contributed by atoms with Crippen molar-refractivity contribution >= 4 is 17.2 Å². The van der Waals surface area contributed by atoms with E-state index in [1.165, 1.54) is 11.3 Å². The summed E-state index contributed by atoms with van der Waals surface area (Å²) < 4.78 is 0. The average Bonchev–Trinajstić information content (AvgIpc) is 3.02. The van der Waals surface area contributed by atoms with Gasteiger partial charge in [-0.15, -0.1) is 11.3 Å². The molecule has 2 aromatic heterocycles. The zero-order chi connectivity index (χ0) is 15.4. The number of hydrogen-bond acceptors (Lipinski definition) is 6. The van der Waals surface area contributed by atoms with Crippen molar-refractivity contribution in [3.8, 4) is 10.7 Å². The first kappa shape index (κ1) is 15.1. The molecule has 1 aliphatic rings. The summed E-state index contributed by atoms with van der Waals surface area (Å²) in [6.45, 7) is 0.405. The van der Waals surface area contributed by atoms with Gasteiger partial charge < -0.3 is 10.4 Å². The van der Waals surface area contributed by atoms with Gasteiger partial charge in [0.15, 0.2) is 0 Å². The van der Waals surface area contributed by atoms with E-state index in [9.17, 15) is 9.90 Å². The van der Waals surface area contributed by atoms with Gasteiger partial charge in [-0.05, 0) is 19.3 Å². The number of nitrogens with zero attached hydrogens (tertiary/aromatic N) is 3. The molecule has 1 amide bonds. The third-order valence-corrected chi connectivity index (χ3v) is 4.71. The number of carbonyl (C=O) groups is 1. The first-order chi connectivity index (χ1) is 10.7. The standard InChI is InChI=1S/C15H18N4O2S/c20-12-3-1-2-10(6-12)14(21)18-7-11-9-22-15(19-11)13-8-16-4-5-17-13/h4-5,8-10,12,20H,1-3,6-7H2,(H,18,21)/t10-,12-/m0/s1. The number of aromatic nitrogens is 3. The molecule has 0 spiro atoms. The van der Waals surface area contributed by atoms with Crippen molar-refractivity contribution in [3.05, 3.63) is 29.7 Å². The number of nitrogens with one attached hydrogen (secondary N) is 1. The topological polar surface area (TPSA) is 88.0 Å². The van der Waals surface area contributed by atoms with Crippen molar-refractivity contribution in [2.24, 2.45) is 5.92 Å². The quantitative estimate of drug-likeness (QED) is 0.897. The number of amides is 1. The van der Waals surface area contributed by atoms with E-state index in [-0.39, 0.29) is 17.9 Å². The van der Waals surface area contributed by atoms with E-state index >= 15 is 0 Å². The van der Waals surface area contributed by atoms with Crippen molar-refractivity contribution in [1.29, 1.82) is 0 Å². The molecule has 1 saturated carbocycles. The van der Waals surface area contributed by atoms with Crippen LogP contribution in [-0.4, -0.2) is 32.1 Å².